The smallest absolute Gasteiger partial charge is 0.260 e. The first-order chi connectivity index (χ1) is 11.7. The molecule has 1 aromatic carbocycles. The SMILES string of the molecule is Cc1ccc(OCC(=O)N2CC(Oc3ncccc3C#N)C2)cc1. The van der Waals surface area contributed by atoms with Gasteiger partial charge < -0.3 is 14.4 Å². The second-order valence-electron chi connectivity index (χ2n) is 5.61. The van der Waals surface area contributed by atoms with Crippen molar-refractivity contribution in [3.63, 3.8) is 0 Å². The topological polar surface area (TPSA) is 75.4 Å². The molecule has 1 aromatic heterocycles. The molecule has 1 aliphatic heterocycles. The van der Waals surface area contributed by atoms with E-state index in [1.54, 1.807) is 23.2 Å². The summed E-state index contributed by atoms with van der Waals surface area (Å²) in [6.45, 7) is 2.94. The van der Waals surface area contributed by atoms with Crippen LogP contribution >= 0.6 is 0 Å². The fraction of sp³-hybridized carbons (Fsp3) is 0.278. The molecule has 0 unspecified atom stereocenters. The van der Waals surface area contributed by atoms with Gasteiger partial charge >= 0.3 is 0 Å². The number of hydrogen-bond donors (Lipinski definition) is 0. The summed E-state index contributed by atoms with van der Waals surface area (Å²) >= 11 is 0. The van der Waals surface area contributed by atoms with Gasteiger partial charge in [-0.15, -0.1) is 0 Å². The first-order valence-corrected chi connectivity index (χ1v) is 7.64. The van der Waals surface area contributed by atoms with Crippen LogP contribution in [0.4, 0.5) is 0 Å². The Bertz CT molecular complexity index is 762. The molecule has 2 aromatic rings. The van der Waals surface area contributed by atoms with E-state index in [0.717, 1.165) is 5.56 Å². The number of pyridine rings is 1. The van der Waals surface area contributed by atoms with Gasteiger partial charge in [0, 0.05) is 6.20 Å². The molecule has 1 amide bonds. The molecule has 0 spiro atoms. The van der Waals surface area contributed by atoms with Crippen molar-refractivity contribution in [1.82, 2.24) is 9.88 Å². The molecule has 0 aliphatic carbocycles. The summed E-state index contributed by atoms with van der Waals surface area (Å²) in [7, 11) is 0. The third-order valence-electron chi connectivity index (χ3n) is 3.75. The van der Waals surface area contributed by atoms with Crippen molar-refractivity contribution >= 4 is 5.91 Å². The Morgan fingerprint density at radius 2 is 2.08 bits per heavy atom. The zero-order chi connectivity index (χ0) is 16.9. The number of hydrogen-bond acceptors (Lipinski definition) is 5. The fourth-order valence-corrected chi connectivity index (χ4v) is 2.31. The van der Waals surface area contributed by atoms with E-state index in [4.69, 9.17) is 14.7 Å². The highest BCUT2D eigenvalue weighted by Gasteiger charge is 2.33. The zero-order valence-corrected chi connectivity index (χ0v) is 13.3. The van der Waals surface area contributed by atoms with Crippen molar-refractivity contribution in [3.05, 3.63) is 53.7 Å². The van der Waals surface area contributed by atoms with Gasteiger partial charge in [0.1, 0.15) is 23.5 Å². The average Bonchev–Trinajstić information content (AvgIpc) is 2.57. The van der Waals surface area contributed by atoms with E-state index in [9.17, 15) is 4.79 Å². The van der Waals surface area contributed by atoms with Crippen LogP contribution in [0.15, 0.2) is 42.6 Å². The van der Waals surface area contributed by atoms with E-state index in [2.05, 4.69) is 4.98 Å². The van der Waals surface area contributed by atoms with Crippen LogP contribution in [-0.2, 0) is 4.79 Å². The van der Waals surface area contributed by atoms with Crippen LogP contribution in [0, 0.1) is 18.3 Å². The van der Waals surface area contributed by atoms with Gasteiger partial charge in [-0.1, -0.05) is 17.7 Å². The molecule has 1 fully saturated rings. The van der Waals surface area contributed by atoms with Crippen LogP contribution in [0.5, 0.6) is 11.6 Å². The molecule has 0 radical (unpaired) electrons. The second kappa shape index (κ2) is 7.01. The number of amides is 1. The molecule has 0 N–H and O–H groups in total. The van der Waals surface area contributed by atoms with Crippen LogP contribution in [0.25, 0.3) is 0 Å². The van der Waals surface area contributed by atoms with Crippen molar-refractivity contribution in [2.75, 3.05) is 19.7 Å². The third kappa shape index (κ3) is 3.63. The Labute approximate surface area is 140 Å². The van der Waals surface area contributed by atoms with Gasteiger partial charge in [-0.3, -0.25) is 4.79 Å². The van der Waals surface area contributed by atoms with Crippen molar-refractivity contribution < 1.29 is 14.3 Å². The minimum Gasteiger partial charge on any atom is -0.484 e. The van der Waals surface area contributed by atoms with Crippen LogP contribution in [0.1, 0.15) is 11.1 Å². The molecular formula is C18H17N3O3. The predicted molar refractivity (Wildman–Crippen MR) is 86.6 cm³/mol. The average molecular weight is 323 g/mol. The Morgan fingerprint density at radius 3 is 2.79 bits per heavy atom. The van der Waals surface area contributed by atoms with Gasteiger partial charge in [-0.05, 0) is 31.2 Å². The summed E-state index contributed by atoms with van der Waals surface area (Å²) in [4.78, 5) is 17.8. The molecule has 2 heterocycles. The number of ether oxygens (including phenoxy) is 2. The molecule has 0 atom stereocenters. The van der Waals surface area contributed by atoms with Gasteiger partial charge in [0.25, 0.3) is 5.91 Å². The highest BCUT2D eigenvalue weighted by molar-refractivity contribution is 5.78. The van der Waals surface area contributed by atoms with Crippen molar-refractivity contribution in [2.45, 2.75) is 13.0 Å². The first-order valence-electron chi connectivity index (χ1n) is 7.64. The maximum absolute atomic E-state index is 12.1. The van der Waals surface area contributed by atoms with Crippen LogP contribution in [-0.4, -0.2) is 41.6 Å². The summed E-state index contributed by atoms with van der Waals surface area (Å²) in [5, 5.41) is 9.01. The number of carbonyl (C=O) groups is 1. The Balaban J connectivity index is 1.45. The number of nitrogens with zero attached hydrogens (tertiary/aromatic N) is 3. The molecule has 6 heteroatoms. The lowest BCUT2D eigenvalue weighted by molar-refractivity contribution is -0.142. The number of nitriles is 1. The summed E-state index contributed by atoms with van der Waals surface area (Å²) in [6, 6.07) is 12.9. The van der Waals surface area contributed by atoms with Gasteiger partial charge in [-0.2, -0.15) is 5.26 Å². The van der Waals surface area contributed by atoms with E-state index < -0.39 is 0 Å². The summed E-state index contributed by atoms with van der Waals surface area (Å²) in [6.07, 6.45) is 1.43. The van der Waals surface area contributed by atoms with E-state index >= 15 is 0 Å². The highest BCUT2D eigenvalue weighted by Crippen LogP contribution is 2.19. The van der Waals surface area contributed by atoms with Gasteiger partial charge in [0.2, 0.25) is 5.88 Å². The predicted octanol–water partition coefficient (Wildman–Crippen LogP) is 1.93. The third-order valence-corrected chi connectivity index (χ3v) is 3.75. The summed E-state index contributed by atoms with van der Waals surface area (Å²) in [5.41, 5.74) is 1.53. The minimum atomic E-state index is -0.143. The van der Waals surface area contributed by atoms with E-state index in [1.807, 2.05) is 37.3 Å². The van der Waals surface area contributed by atoms with E-state index in [0.29, 0.717) is 30.3 Å². The molecule has 1 saturated heterocycles. The van der Waals surface area contributed by atoms with Crippen molar-refractivity contribution in [3.8, 4) is 17.7 Å². The van der Waals surface area contributed by atoms with Gasteiger partial charge in [-0.25, -0.2) is 4.98 Å². The minimum absolute atomic E-state index is 0.00279. The Hall–Kier alpha value is -3.07. The molecule has 0 bridgehead atoms. The second-order valence-corrected chi connectivity index (χ2v) is 5.61. The lowest BCUT2D eigenvalue weighted by atomic mass is 10.1. The fourth-order valence-electron chi connectivity index (χ4n) is 2.31. The normalized spacial score (nSPS) is 13.8. The maximum atomic E-state index is 12.1. The number of aryl methyl sites for hydroxylation is 1. The highest BCUT2D eigenvalue weighted by atomic mass is 16.5. The summed E-state index contributed by atoms with van der Waals surface area (Å²) in [5.74, 6) is 0.902. The summed E-state index contributed by atoms with van der Waals surface area (Å²) < 4.78 is 11.1. The van der Waals surface area contributed by atoms with Gasteiger partial charge in [0.05, 0.1) is 13.1 Å². The van der Waals surface area contributed by atoms with Crippen LogP contribution < -0.4 is 9.47 Å². The Morgan fingerprint density at radius 1 is 1.33 bits per heavy atom. The number of rotatable bonds is 5. The van der Waals surface area contributed by atoms with E-state index in [-0.39, 0.29) is 18.6 Å². The molecule has 1 aliphatic rings. The molecule has 0 saturated carbocycles. The first kappa shape index (κ1) is 15.8. The van der Waals surface area contributed by atoms with Gasteiger partial charge in [0.15, 0.2) is 6.61 Å². The number of likely N-dealkylation sites (tertiary alicyclic amines) is 1. The largest absolute Gasteiger partial charge is 0.484 e. The molecular weight excluding hydrogens is 306 g/mol. The quantitative estimate of drug-likeness (QED) is 0.840. The number of carbonyl (C=O) groups excluding carboxylic acids is 1. The lowest BCUT2D eigenvalue weighted by Gasteiger charge is -2.38. The van der Waals surface area contributed by atoms with Crippen LogP contribution in [0.3, 0.4) is 0 Å². The monoisotopic (exact) mass is 323 g/mol. The molecule has 122 valence electrons. The number of aromatic nitrogens is 1. The molecule has 6 nitrogen and oxygen atoms in total. The molecule has 24 heavy (non-hydrogen) atoms. The van der Waals surface area contributed by atoms with E-state index in [1.165, 1.54) is 0 Å². The zero-order valence-electron chi connectivity index (χ0n) is 13.3. The molecule has 3 rings (SSSR count). The maximum Gasteiger partial charge on any atom is 0.260 e. The van der Waals surface area contributed by atoms with Crippen LogP contribution in [0.2, 0.25) is 0 Å². The Kier molecular flexibility index (Phi) is 4.62. The number of benzene rings is 1. The van der Waals surface area contributed by atoms with Crippen molar-refractivity contribution in [2.24, 2.45) is 0 Å². The standard InChI is InChI=1S/C18H17N3O3/c1-13-4-6-15(7-5-13)23-12-17(22)21-10-16(11-21)24-18-14(9-19)3-2-8-20-18/h2-8,16H,10-12H2,1H3. The van der Waals surface area contributed by atoms with Crippen molar-refractivity contribution in [1.29, 1.82) is 5.26 Å². The lowest BCUT2D eigenvalue weighted by Crippen LogP contribution is -2.57.